The largest absolute Gasteiger partial charge is 0.354 e. The number of hydrogen-bond donors (Lipinski definition) is 1. The maximum atomic E-state index is 13.0. The van der Waals surface area contributed by atoms with E-state index < -0.39 is 6.04 Å². The molecule has 1 atom stereocenters. The monoisotopic (exact) mass is 476 g/mol. The van der Waals surface area contributed by atoms with Gasteiger partial charge in [-0.3, -0.25) is 9.59 Å². The van der Waals surface area contributed by atoms with Gasteiger partial charge in [0.05, 0.1) is 5.75 Å². The van der Waals surface area contributed by atoms with Gasteiger partial charge in [-0.25, -0.2) is 0 Å². The molecule has 0 fully saturated rings. The normalized spacial score (nSPS) is 11.7. The summed E-state index contributed by atoms with van der Waals surface area (Å²) in [6, 6.07) is 15.7. The van der Waals surface area contributed by atoms with Gasteiger partial charge in [0.1, 0.15) is 6.04 Å². The molecular weight excluding hydrogens is 448 g/mol. The van der Waals surface area contributed by atoms with E-state index in [2.05, 4.69) is 27.3 Å². The molecule has 0 aliphatic heterocycles. The summed E-state index contributed by atoms with van der Waals surface area (Å²) in [5.41, 5.74) is 3.35. The summed E-state index contributed by atoms with van der Waals surface area (Å²) in [6.07, 6.45) is 0.868. The highest BCUT2D eigenvalue weighted by molar-refractivity contribution is 9.10. The molecule has 0 spiro atoms. The summed E-state index contributed by atoms with van der Waals surface area (Å²) in [7, 11) is 0. The molecule has 0 saturated carbocycles. The molecule has 0 bridgehead atoms. The maximum absolute atomic E-state index is 13.0. The Hall–Kier alpha value is -1.79. The van der Waals surface area contributed by atoms with Crippen molar-refractivity contribution < 1.29 is 9.59 Å². The lowest BCUT2D eigenvalue weighted by Crippen LogP contribution is -2.48. The number of nitrogens with zero attached hydrogens (tertiary/aromatic N) is 1. The van der Waals surface area contributed by atoms with Crippen molar-refractivity contribution in [1.82, 2.24) is 10.2 Å². The molecule has 29 heavy (non-hydrogen) atoms. The number of nitrogens with one attached hydrogen (secondary N) is 1. The van der Waals surface area contributed by atoms with Crippen molar-refractivity contribution in [2.75, 3.05) is 12.3 Å². The molecular formula is C23H29BrN2O2S. The molecule has 4 nitrogen and oxygen atoms in total. The molecule has 0 aliphatic rings. The molecule has 2 aromatic rings. The molecule has 2 amide bonds. The van der Waals surface area contributed by atoms with Gasteiger partial charge in [-0.2, -0.15) is 0 Å². The van der Waals surface area contributed by atoms with Crippen molar-refractivity contribution in [3.8, 4) is 0 Å². The Morgan fingerprint density at radius 2 is 1.86 bits per heavy atom. The summed E-state index contributed by atoms with van der Waals surface area (Å²) < 4.78 is 1.04. The van der Waals surface area contributed by atoms with E-state index in [1.54, 1.807) is 23.6 Å². The fraction of sp³-hybridized carbons (Fsp3) is 0.391. The van der Waals surface area contributed by atoms with Crippen LogP contribution < -0.4 is 5.32 Å². The van der Waals surface area contributed by atoms with Crippen LogP contribution in [-0.2, 0) is 21.9 Å². The molecule has 0 aliphatic carbocycles. The van der Waals surface area contributed by atoms with Gasteiger partial charge >= 0.3 is 0 Å². The molecule has 6 heteroatoms. The SMILES string of the molecule is CCCNC(=O)C(C)N(Cc1cccc(C)c1)C(=O)CSCc1ccc(Br)cc1. The van der Waals surface area contributed by atoms with Gasteiger partial charge in [0.15, 0.2) is 0 Å². The standard InChI is InChI=1S/C23H29BrN2O2S/c1-4-12-25-23(28)18(3)26(14-20-7-5-6-17(2)13-20)22(27)16-29-15-19-8-10-21(24)11-9-19/h5-11,13,18H,4,12,14-16H2,1-3H3,(H,25,28). The number of thioether (sulfide) groups is 1. The molecule has 2 rings (SSSR count). The minimum atomic E-state index is -0.511. The highest BCUT2D eigenvalue weighted by Gasteiger charge is 2.25. The zero-order chi connectivity index (χ0) is 21.2. The molecule has 0 radical (unpaired) electrons. The molecule has 0 heterocycles. The molecule has 1 N–H and O–H groups in total. The van der Waals surface area contributed by atoms with Gasteiger partial charge in [0.2, 0.25) is 11.8 Å². The molecule has 2 aromatic carbocycles. The van der Waals surface area contributed by atoms with Crippen LogP contribution in [0.15, 0.2) is 53.0 Å². The number of halogens is 1. The van der Waals surface area contributed by atoms with Crippen LogP contribution in [0.2, 0.25) is 0 Å². The van der Waals surface area contributed by atoms with E-state index in [1.807, 2.05) is 56.3 Å². The summed E-state index contributed by atoms with van der Waals surface area (Å²) in [4.78, 5) is 27.2. The third-order valence-electron chi connectivity index (χ3n) is 4.56. The summed E-state index contributed by atoms with van der Waals surface area (Å²) in [5.74, 6) is 0.972. The first-order valence-electron chi connectivity index (χ1n) is 9.85. The van der Waals surface area contributed by atoms with Crippen LogP contribution in [-0.4, -0.2) is 35.1 Å². The lowest BCUT2D eigenvalue weighted by atomic mass is 10.1. The maximum Gasteiger partial charge on any atom is 0.242 e. The van der Waals surface area contributed by atoms with Gasteiger partial charge in [-0.1, -0.05) is 64.8 Å². The zero-order valence-electron chi connectivity index (χ0n) is 17.3. The molecule has 0 aromatic heterocycles. The second-order valence-corrected chi connectivity index (χ2v) is 9.00. The number of aryl methyl sites for hydroxylation is 1. The summed E-state index contributed by atoms with van der Waals surface area (Å²) in [6.45, 7) is 6.90. The van der Waals surface area contributed by atoms with Crippen LogP contribution in [0.25, 0.3) is 0 Å². The number of amides is 2. The predicted octanol–water partition coefficient (Wildman–Crippen LogP) is 4.93. The van der Waals surface area contributed by atoms with Crippen molar-refractivity contribution in [1.29, 1.82) is 0 Å². The average Bonchev–Trinajstić information content (AvgIpc) is 2.71. The first-order valence-corrected chi connectivity index (χ1v) is 11.8. The second-order valence-electron chi connectivity index (χ2n) is 7.10. The third kappa shape index (κ3) is 7.86. The fourth-order valence-electron chi connectivity index (χ4n) is 2.91. The number of rotatable bonds is 10. The molecule has 156 valence electrons. The average molecular weight is 477 g/mol. The van der Waals surface area contributed by atoms with Crippen molar-refractivity contribution in [2.45, 2.75) is 45.5 Å². The Kier molecular flexibility index (Phi) is 9.74. The van der Waals surface area contributed by atoms with E-state index in [0.29, 0.717) is 18.8 Å². The van der Waals surface area contributed by atoms with Crippen LogP contribution in [0.5, 0.6) is 0 Å². The summed E-state index contributed by atoms with van der Waals surface area (Å²) in [5, 5.41) is 2.91. The molecule has 1 unspecified atom stereocenters. The lowest BCUT2D eigenvalue weighted by Gasteiger charge is -2.29. The first kappa shape index (κ1) is 23.5. The number of benzene rings is 2. The van der Waals surface area contributed by atoms with Crippen molar-refractivity contribution in [3.63, 3.8) is 0 Å². The van der Waals surface area contributed by atoms with Crippen LogP contribution >= 0.6 is 27.7 Å². The smallest absolute Gasteiger partial charge is 0.242 e. The predicted molar refractivity (Wildman–Crippen MR) is 125 cm³/mol. The van der Waals surface area contributed by atoms with Crippen LogP contribution in [0, 0.1) is 6.92 Å². The zero-order valence-corrected chi connectivity index (χ0v) is 19.7. The number of hydrogen-bond acceptors (Lipinski definition) is 3. The van der Waals surface area contributed by atoms with Crippen molar-refractivity contribution >= 4 is 39.5 Å². The van der Waals surface area contributed by atoms with E-state index in [0.717, 1.165) is 27.8 Å². The van der Waals surface area contributed by atoms with Gasteiger partial charge in [-0.15, -0.1) is 11.8 Å². The number of carbonyl (C=O) groups excluding carboxylic acids is 2. The van der Waals surface area contributed by atoms with Gasteiger partial charge in [-0.05, 0) is 43.5 Å². The first-order chi connectivity index (χ1) is 13.9. The Bertz CT molecular complexity index is 811. The van der Waals surface area contributed by atoms with E-state index in [4.69, 9.17) is 0 Å². The Morgan fingerprint density at radius 3 is 2.52 bits per heavy atom. The summed E-state index contributed by atoms with van der Waals surface area (Å²) >= 11 is 5.01. The number of carbonyl (C=O) groups is 2. The highest BCUT2D eigenvalue weighted by Crippen LogP contribution is 2.18. The van der Waals surface area contributed by atoms with Crippen molar-refractivity contribution in [3.05, 3.63) is 69.7 Å². The van der Waals surface area contributed by atoms with Gasteiger partial charge in [0.25, 0.3) is 0 Å². The molecule has 0 saturated heterocycles. The van der Waals surface area contributed by atoms with Gasteiger partial charge in [0, 0.05) is 23.3 Å². The van der Waals surface area contributed by atoms with Crippen LogP contribution in [0.3, 0.4) is 0 Å². The second kappa shape index (κ2) is 12.0. The van der Waals surface area contributed by atoms with Crippen LogP contribution in [0.1, 0.15) is 37.0 Å². The van der Waals surface area contributed by atoms with Gasteiger partial charge < -0.3 is 10.2 Å². The minimum Gasteiger partial charge on any atom is -0.354 e. The van der Waals surface area contributed by atoms with Crippen LogP contribution in [0.4, 0.5) is 0 Å². The Balaban J connectivity index is 2.04. The van der Waals surface area contributed by atoms with E-state index in [-0.39, 0.29) is 11.8 Å². The van der Waals surface area contributed by atoms with E-state index >= 15 is 0 Å². The van der Waals surface area contributed by atoms with E-state index in [9.17, 15) is 9.59 Å². The van der Waals surface area contributed by atoms with E-state index in [1.165, 1.54) is 5.56 Å². The van der Waals surface area contributed by atoms with Crippen molar-refractivity contribution in [2.24, 2.45) is 0 Å². The highest BCUT2D eigenvalue weighted by atomic mass is 79.9. The Morgan fingerprint density at radius 1 is 1.14 bits per heavy atom. The fourth-order valence-corrected chi connectivity index (χ4v) is 4.04. The Labute approximate surface area is 186 Å². The topological polar surface area (TPSA) is 49.4 Å². The lowest BCUT2D eigenvalue weighted by molar-refractivity contribution is -0.138. The third-order valence-corrected chi connectivity index (χ3v) is 6.08. The quantitative estimate of drug-likeness (QED) is 0.528. The minimum absolute atomic E-state index is 0.0206.